The predicted molar refractivity (Wildman–Crippen MR) is 82.1 cm³/mol. The number of carbonyl (C=O) groups excluding carboxylic acids is 1. The first-order valence-electron chi connectivity index (χ1n) is 7.98. The molecule has 1 saturated carbocycles. The normalized spacial score (nSPS) is 25.5. The van der Waals surface area contributed by atoms with Gasteiger partial charge in [0.25, 0.3) is 0 Å². The van der Waals surface area contributed by atoms with E-state index >= 15 is 0 Å². The van der Waals surface area contributed by atoms with Gasteiger partial charge in [-0.2, -0.15) is 4.31 Å². The molecule has 0 aromatic carbocycles. The molecule has 2 unspecified atom stereocenters. The summed E-state index contributed by atoms with van der Waals surface area (Å²) >= 11 is 0. The first-order chi connectivity index (χ1) is 9.95. The van der Waals surface area contributed by atoms with Crippen molar-refractivity contribution in [2.24, 2.45) is 11.7 Å². The second-order valence-corrected chi connectivity index (χ2v) is 8.23. The summed E-state index contributed by atoms with van der Waals surface area (Å²) in [5.74, 6) is 0.445. The van der Waals surface area contributed by atoms with Crippen molar-refractivity contribution in [2.75, 3.05) is 18.8 Å². The molecule has 1 aliphatic carbocycles. The molecule has 0 aromatic heterocycles. The van der Waals surface area contributed by atoms with Crippen LogP contribution in [0.25, 0.3) is 0 Å². The Hall–Kier alpha value is -0.660. The molecule has 122 valence electrons. The average molecular weight is 317 g/mol. The first kappa shape index (κ1) is 16.7. The summed E-state index contributed by atoms with van der Waals surface area (Å²) in [6.45, 7) is 2.74. The molecular formula is C14H27N3O3S. The molecule has 1 aliphatic heterocycles. The van der Waals surface area contributed by atoms with Crippen LogP contribution in [0.15, 0.2) is 0 Å². The van der Waals surface area contributed by atoms with E-state index in [1.165, 1.54) is 4.31 Å². The minimum absolute atomic E-state index is 0.00163. The molecule has 3 N–H and O–H groups in total. The summed E-state index contributed by atoms with van der Waals surface area (Å²) in [4.78, 5) is 12.3. The standard InChI is InChI=1S/C14H27N3O3S/c1-2-9-21(19,20)17-8-4-3-5-13(17)14(18)16-10-12(15)11-6-7-11/h11-13H,2-10,15H2,1H3,(H,16,18). The lowest BCUT2D eigenvalue weighted by atomic mass is 10.0. The van der Waals surface area contributed by atoms with Gasteiger partial charge in [0.1, 0.15) is 6.04 Å². The second kappa shape index (κ2) is 7.07. The largest absolute Gasteiger partial charge is 0.353 e. The molecule has 0 radical (unpaired) electrons. The number of nitrogens with one attached hydrogen (secondary N) is 1. The van der Waals surface area contributed by atoms with Crippen molar-refractivity contribution in [1.82, 2.24) is 9.62 Å². The maximum atomic E-state index is 12.3. The number of carbonyl (C=O) groups is 1. The van der Waals surface area contributed by atoms with Crippen LogP contribution < -0.4 is 11.1 Å². The van der Waals surface area contributed by atoms with Crippen molar-refractivity contribution in [1.29, 1.82) is 0 Å². The van der Waals surface area contributed by atoms with E-state index in [0.29, 0.717) is 31.8 Å². The zero-order valence-corrected chi connectivity index (χ0v) is 13.6. The van der Waals surface area contributed by atoms with Crippen molar-refractivity contribution >= 4 is 15.9 Å². The third-order valence-electron chi connectivity index (χ3n) is 4.32. The van der Waals surface area contributed by atoms with E-state index < -0.39 is 16.1 Å². The Kier molecular flexibility index (Phi) is 5.62. The molecule has 1 heterocycles. The molecule has 7 heteroatoms. The van der Waals surface area contributed by atoms with Gasteiger partial charge in [0, 0.05) is 19.1 Å². The zero-order valence-electron chi connectivity index (χ0n) is 12.8. The summed E-state index contributed by atoms with van der Waals surface area (Å²) in [6.07, 6.45) is 5.17. The summed E-state index contributed by atoms with van der Waals surface area (Å²) in [7, 11) is -3.33. The average Bonchev–Trinajstić information content (AvgIpc) is 3.29. The number of nitrogens with two attached hydrogens (primary N) is 1. The second-order valence-electron chi connectivity index (χ2n) is 6.18. The van der Waals surface area contributed by atoms with Crippen molar-refractivity contribution in [2.45, 2.75) is 57.5 Å². The van der Waals surface area contributed by atoms with E-state index in [4.69, 9.17) is 5.73 Å². The van der Waals surface area contributed by atoms with Gasteiger partial charge >= 0.3 is 0 Å². The summed E-state index contributed by atoms with van der Waals surface area (Å²) < 4.78 is 26.0. The van der Waals surface area contributed by atoms with Crippen molar-refractivity contribution in [3.63, 3.8) is 0 Å². The highest BCUT2D eigenvalue weighted by Gasteiger charge is 2.36. The molecule has 2 aliphatic rings. The lowest BCUT2D eigenvalue weighted by molar-refractivity contribution is -0.125. The van der Waals surface area contributed by atoms with Gasteiger partial charge in [-0.05, 0) is 38.0 Å². The number of amides is 1. The number of hydrogen-bond acceptors (Lipinski definition) is 4. The number of piperidine rings is 1. The summed E-state index contributed by atoms with van der Waals surface area (Å²) in [6, 6.07) is -0.556. The van der Waals surface area contributed by atoms with Crippen LogP contribution in [0.3, 0.4) is 0 Å². The van der Waals surface area contributed by atoms with Gasteiger partial charge in [-0.15, -0.1) is 0 Å². The Morgan fingerprint density at radius 2 is 2.05 bits per heavy atom. The minimum atomic E-state index is -3.33. The van der Waals surface area contributed by atoms with Crippen LogP contribution in [0.2, 0.25) is 0 Å². The lowest BCUT2D eigenvalue weighted by Crippen LogP contribution is -2.53. The molecule has 2 fully saturated rings. The monoisotopic (exact) mass is 317 g/mol. The van der Waals surface area contributed by atoms with Crippen molar-refractivity contribution in [3.05, 3.63) is 0 Å². The van der Waals surface area contributed by atoms with Crippen molar-refractivity contribution < 1.29 is 13.2 Å². The number of sulfonamides is 1. The molecule has 0 spiro atoms. The predicted octanol–water partition coefficient (Wildman–Crippen LogP) is 0.434. The minimum Gasteiger partial charge on any atom is -0.353 e. The van der Waals surface area contributed by atoms with Gasteiger partial charge in [-0.3, -0.25) is 4.79 Å². The highest BCUT2D eigenvalue weighted by atomic mass is 32.2. The topological polar surface area (TPSA) is 92.5 Å². The molecule has 21 heavy (non-hydrogen) atoms. The van der Waals surface area contributed by atoms with E-state index in [2.05, 4.69) is 5.32 Å². The Bertz CT molecular complexity index is 462. The molecule has 2 rings (SSSR count). The number of rotatable bonds is 7. The Balaban J connectivity index is 1.95. The third kappa shape index (κ3) is 4.40. The first-order valence-corrected chi connectivity index (χ1v) is 9.59. The van der Waals surface area contributed by atoms with E-state index in [-0.39, 0.29) is 17.7 Å². The molecule has 2 atom stereocenters. The maximum absolute atomic E-state index is 12.3. The number of nitrogens with zero attached hydrogens (tertiary/aromatic N) is 1. The maximum Gasteiger partial charge on any atom is 0.238 e. The van der Waals surface area contributed by atoms with Gasteiger partial charge in [-0.1, -0.05) is 13.3 Å². The van der Waals surface area contributed by atoms with Crippen LogP contribution >= 0.6 is 0 Å². The zero-order chi connectivity index (χ0) is 15.5. The van der Waals surface area contributed by atoms with Crippen LogP contribution in [-0.4, -0.2) is 49.6 Å². The van der Waals surface area contributed by atoms with Crippen LogP contribution in [0.1, 0.15) is 45.4 Å². The van der Waals surface area contributed by atoms with Crippen LogP contribution in [0.4, 0.5) is 0 Å². The molecule has 0 aromatic rings. The van der Waals surface area contributed by atoms with Gasteiger partial charge in [-0.25, -0.2) is 8.42 Å². The molecule has 1 saturated heterocycles. The van der Waals surface area contributed by atoms with Crippen LogP contribution in [0, 0.1) is 5.92 Å². The van der Waals surface area contributed by atoms with Gasteiger partial charge in [0.15, 0.2) is 0 Å². The molecule has 6 nitrogen and oxygen atoms in total. The fraction of sp³-hybridized carbons (Fsp3) is 0.929. The van der Waals surface area contributed by atoms with E-state index in [1.54, 1.807) is 0 Å². The SMILES string of the molecule is CCCS(=O)(=O)N1CCCCC1C(=O)NCC(N)C1CC1. The Morgan fingerprint density at radius 1 is 1.33 bits per heavy atom. The lowest BCUT2D eigenvalue weighted by Gasteiger charge is -2.33. The fourth-order valence-corrected chi connectivity index (χ4v) is 4.65. The highest BCUT2D eigenvalue weighted by molar-refractivity contribution is 7.89. The smallest absolute Gasteiger partial charge is 0.238 e. The van der Waals surface area contributed by atoms with Crippen LogP contribution in [0.5, 0.6) is 0 Å². The van der Waals surface area contributed by atoms with Gasteiger partial charge < -0.3 is 11.1 Å². The molecule has 1 amide bonds. The quantitative estimate of drug-likeness (QED) is 0.712. The third-order valence-corrected chi connectivity index (χ3v) is 6.39. The summed E-state index contributed by atoms with van der Waals surface area (Å²) in [5, 5.41) is 2.85. The Labute approximate surface area is 127 Å². The molecular weight excluding hydrogens is 290 g/mol. The fourth-order valence-electron chi connectivity index (χ4n) is 2.90. The number of hydrogen-bond donors (Lipinski definition) is 2. The Morgan fingerprint density at radius 3 is 2.67 bits per heavy atom. The van der Waals surface area contributed by atoms with E-state index in [0.717, 1.165) is 25.7 Å². The molecule has 0 bridgehead atoms. The van der Waals surface area contributed by atoms with Gasteiger partial charge in [0.2, 0.25) is 15.9 Å². The van der Waals surface area contributed by atoms with E-state index in [9.17, 15) is 13.2 Å². The van der Waals surface area contributed by atoms with Crippen LogP contribution in [-0.2, 0) is 14.8 Å². The highest BCUT2D eigenvalue weighted by Crippen LogP contribution is 2.31. The van der Waals surface area contributed by atoms with E-state index in [1.807, 2.05) is 6.92 Å². The summed E-state index contributed by atoms with van der Waals surface area (Å²) in [5.41, 5.74) is 5.98. The van der Waals surface area contributed by atoms with Gasteiger partial charge in [0.05, 0.1) is 5.75 Å². The van der Waals surface area contributed by atoms with Crippen molar-refractivity contribution in [3.8, 4) is 0 Å².